The molecule has 0 amide bonds. The molecule has 0 aliphatic rings. The van der Waals surface area contributed by atoms with Gasteiger partial charge in [0.15, 0.2) is 0 Å². The number of rotatable bonds is 1. The molecule has 2 aromatic rings. The molecule has 7 N–H and O–H groups in total. The molecule has 0 aliphatic carbocycles. The van der Waals surface area contributed by atoms with Gasteiger partial charge < -0.3 is 20.9 Å². The van der Waals surface area contributed by atoms with Crippen molar-refractivity contribution in [3.63, 3.8) is 0 Å². The quantitative estimate of drug-likeness (QED) is 0.722. The largest absolute Gasteiger partial charge is 0.545 e. The lowest BCUT2D eigenvalue weighted by Gasteiger charge is -2.00. The van der Waals surface area contributed by atoms with Crippen molar-refractivity contribution in [3.8, 4) is 0 Å². The van der Waals surface area contributed by atoms with Crippen molar-refractivity contribution in [2.24, 2.45) is 0 Å². The first kappa shape index (κ1) is 19.9. The molecular formula is C14H20N2O4. The Hall–Kier alpha value is -2.44. The minimum atomic E-state index is -1.12. The lowest BCUT2D eigenvalue weighted by molar-refractivity contribution is -0.360. The van der Waals surface area contributed by atoms with Crippen molar-refractivity contribution < 1.29 is 25.8 Å². The maximum atomic E-state index is 10.2. The minimum absolute atomic E-state index is 0. The van der Waals surface area contributed by atoms with Gasteiger partial charge in [0.05, 0.1) is 12.2 Å². The molecule has 0 atom stereocenters. The number of hydrogen-bond donors (Lipinski definition) is 1. The Bertz CT molecular complexity index is 510. The predicted octanol–water partition coefficient (Wildman–Crippen LogP) is -0.900. The molecule has 20 heavy (non-hydrogen) atoms. The summed E-state index contributed by atoms with van der Waals surface area (Å²) >= 11 is 0. The van der Waals surface area contributed by atoms with E-state index >= 15 is 0 Å². The molecular weight excluding hydrogens is 260 g/mol. The Kier molecular flexibility index (Phi) is 9.43. The van der Waals surface area contributed by atoms with E-state index in [1.165, 1.54) is 17.7 Å². The fourth-order valence-corrected chi connectivity index (χ4v) is 1.29. The molecule has 1 aromatic heterocycles. The van der Waals surface area contributed by atoms with Crippen molar-refractivity contribution in [3.05, 3.63) is 59.3 Å². The number of aromatic carboxylic acids is 1. The van der Waals surface area contributed by atoms with E-state index in [0.717, 1.165) is 5.56 Å². The maximum absolute atomic E-state index is 10.2. The molecule has 0 bridgehead atoms. The van der Waals surface area contributed by atoms with Gasteiger partial charge in [0.1, 0.15) is 0 Å². The van der Waals surface area contributed by atoms with Gasteiger partial charge in [0, 0.05) is 6.07 Å². The van der Waals surface area contributed by atoms with E-state index < -0.39 is 5.97 Å². The molecule has 0 fully saturated rings. The van der Waals surface area contributed by atoms with E-state index in [4.69, 9.17) is 5.73 Å². The van der Waals surface area contributed by atoms with Crippen LogP contribution in [-0.2, 0) is 0 Å². The normalized spacial score (nSPS) is 8.30. The van der Waals surface area contributed by atoms with Gasteiger partial charge in [0.2, 0.25) is 0 Å². The molecule has 2 rings (SSSR count). The second-order valence-corrected chi connectivity index (χ2v) is 3.97. The zero-order valence-electron chi connectivity index (χ0n) is 11.4. The minimum Gasteiger partial charge on any atom is -0.545 e. The summed E-state index contributed by atoms with van der Waals surface area (Å²) in [6.45, 7) is 3.91. The monoisotopic (exact) mass is 280 g/mol. The molecule has 0 aliphatic heterocycles. The van der Waals surface area contributed by atoms with E-state index in [1.807, 2.05) is 32.2 Å². The number of benzene rings is 1. The molecule has 0 saturated heterocycles. The van der Waals surface area contributed by atoms with Crippen LogP contribution in [-0.4, -0.2) is 16.9 Å². The maximum Gasteiger partial charge on any atom is 0.270 e. The molecule has 0 spiro atoms. The Balaban J connectivity index is 0. The lowest BCUT2D eigenvalue weighted by Crippen LogP contribution is -2.21. The standard InChI is InChI=1S/C8H8O2.C6H8N2.2H2O/c1-6-2-4-7(5-3-6)8(9)10;1-5-2-3-8-6(7)4-5;;/h2-5H,1H3,(H,9,10);2-4H,1H3,(H2,7,8);2*1H2. The predicted molar refractivity (Wildman–Crippen MR) is 74.9 cm³/mol. The van der Waals surface area contributed by atoms with Crippen molar-refractivity contribution in [1.29, 1.82) is 0 Å². The number of nitrogens with two attached hydrogens (primary N) is 1. The van der Waals surface area contributed by atoms with Crippen molar-refractivity contribution >= 4 is 11.8 Å². The topological polar surface area (TPSA) is 143 Å². The number of nitrogens with one attached hydrogen (secondary N) is 1. The van der Waals surface area contributed by atoms with E-state index in [-0.39, 0.29) is 16.5 Å². The number of anilines is 1. The van der Waals surface area contributed by atoms with Crippen LogP contribution < -0.4 is 15.8 Å². The molecule has 6 nitrogen and oxygen atoms in total. The number of aryl methyl sites for hydroxylation is 2. The molecule has 0 unspecified atom stereocenters. The summed E-state index contributed by atoms with van der Waals surface area (Å²) in [6.07, 6.45) is 1.82. The van der Waals surface area contributed by atoms with Crippen molar-refractivity contribution in [2.45, 2.75) is 13.8 Å². The van der Waals surface area contributed by atoms with Gasteiger partial charge in [0.25, 0.3) is 5.82 Å². The molecule has 110 valence electrons. The number of carbonyl (C=O) groups is 1. The Morgan fingerprint density at radius 1 is 1.05 bits per heavy atom. The zero-order valence-corrected chi connectivity index (χ0v) is 11.4. The first-order valence-corrected chi connectivity index (χ1v) is 5.51. The third-order valence-electron chi connectivity index (χ3n) is 2.27. The lowest BCUT2D eigenvalue weighted by atomic mass is 10.2. The highest BCUT2D eigenvalue weighted by molar-refractivity contribution is 5.85. The second kappa shape index (κ2) is 9.48. The fourth-order valence-electron chi connectivity index (χ4n) is 1.29. The smallest absolute Gasteiger partial charge is 0.270 e. The number of aromatic amines is 1. The average Bonchev–Trinajstić information content (AvgIpc) is 2.30. The number of hydrogen-bond acceptors (Lipinski definition) is 3. The zero-order chi connectivity index (χ0) is 13.5. The Morgan fingerprint density at radius 3 is 1.95 bits per heavy atom. The highest BCUT2D eigenvalue weighted by Gasteiger charge is 1.89. The van der Waals surface area contributed by atoms with Crippen LogP contribution in [0, 0.1) is 13.8 Å². The van der Waals surface area contributed by atoms with Gasteiger partial charge in [-0.25, -0.2) is 4.98 Å². The average molecular weight is 280 g/mol. The van der Waals surface area contributed by atoms with Crippen LogP contribution in [0.3, 0.4) is 0 Å². The summed E-state index contributed by atoms with van der Waals surface area (Å²) in [5, 5.41) is 10.2. The van der Waals surface area contributed by atoms with Crippen LogP contribution in [0.25, 0.3) is 0 Å². The third kappa shape index (κ3) is 7.10. The molecule has 1 aromatic carbocycles. The van der Waals surface area contributed by atoms with Gasteiger partial charge in [-0.1, -0.05) is 29.8 Å². The van der Waals surface area contributed by atoms with Gasteiger partial charge >= 0.3 is 0 Å². The number of aromatic nitrogens is 1. The Labute approximate surface area is 117 Å². The van der Waals surface area contributed by atoms with Crippen LogP contribution in [0.4, 0.5) is 5.82 Å². The van der Waals surface area contributed by atoms with Crippen LogP contribution in [0.1, 0.15) is 21.5 Å². The van der Waals surface area contributed by atoms with E-state index in [0.29, 0.717) is 5.82 Å². The van der Waals surface area contributed by atoms with Crippen LogP contribution in [0.5, 0.6) is 0 Å². The van der Waals surface area contributed by atoms with Crippen LogP contribution in [0.2, 0.25) is 0 Å². The molecule has 0 saturated carbocycles. The Morgan fingerprint density at radius 2 is 1.60 bits per heavy atom. The SMILES string of the molecule is Cc1cc[nH+]c(N)c1.Cc1ccc(C(=O)[O-])cc1.O.O. The van der Waals surface area contributed by atoms with Crippen molar-refractivity contribution in [2.75, 3.05) is 5.73 Å². The van der Waals surface area contributed by atoms with Crippen LogP contribution >= 0.6 is 0 Å². The van der Waals surface area contributed by atoms with E-state index in [9.17, 15) is 9.90 Å². The number of carboxylic acids is 1. The summed E-state index contributed by atoms with van der Waals surface area (Å²) < 4.78 is 0. The number of carbonyl (C=O) groups excluding carboxylic acids is 1. The number of nitrogen functional groups attached to an aromatic ring is 1. The first-order chi connectivity index (χ1) is 8.49. The molecule has 6 heteroatoms. The first-order valence-electron chi connectivity index (χ1n) is 5.51. The van der Waals surface area contributed by atoms with Crippen LogP contribution in [0.15, 0.2) is 42.6 Å². The second-order valence-electron chi connectivity index (χ2n) is 3.97. The highest BCUT2D eigenvalue weighted by atomic mass is 16.4. The van der Waals surface area contributed by atoms with E-state index in [2.05, 4.69) is 4.98 Å². The molecule has 0 radical (unpaired) electrons. The van der Waals surface area contributed by atoms with Gasteiger partial charge in [-0.15, -0.1) is 0 Å². The fraction of sp³-hybridized carbons (Fsp3) is 0.143. The number of carboxylic acid groups (broad SMARTS) is 1. The summed E-state index contributed by atoms with van der Waals surface area (Å²) in [5.74, 6) is -0.412. The summed E-state index contributed by atoms with van der Waals surface area (Å²) in [6, 6.07) is 10.4. The van der Waals surface area contributed by atoms with Gasteiger partial charge in [-0.3, -0.25) is 5.73 Å². The van der Waals surface area contributed by atoms with Gasteiger partial charge in [-0.05, 0) is 31.0 Å². The van der Waals surface area contributed by atoms with E-state index in [1.54, 1.807) is 12.1 Å². The third-order valence-corrected chi connectivity index (χ3v) is 2.27. The summed E-state index contributed by atoms with van der Waals surface area (Å²) in [4.78, 5) is 13.1. The number of H-pyrrole nitrogens is 1. The highest BCUT2D eigenvalue weighted by Crippen LogP contribution is 2.00. The molecule has 1 heterocycles. The number of pyridine rings is 1. The van der Waals surface area contributed by atoms with Gasteiger partial charge in [-0.2, -0.15) is 0 Å². The summed E-state index contributed by atoms with van der Waals surface area (Å²) in [5.41, 5.74) is 7.86. The summed E-state index contributed by atoms with van der Waals surface area (Å²) in [7, 11) is 0. The van der Waals surface area contributed by atoms with Crippen molar-refractivity contribution in [1.82, 2.24) is 0 Å².